The van der Waals surface area contributed by atoms with Crippen LogP contribution < -0.4 is 5.32 Å². The van der Waals surface area contributed by atoms with Gasteiger partial charge in [0, 0.05) is 6.04 Å². The number of nitrogens with one attached hydrogen (secondary N) is 1. The summed E-state index contributed by atoms with van der Waals surface area (Å²) in [4.78, 5) is 0. The molecule has 0 spiro atoms. The summed E-state index contributed by atoms with van der Waals surface area (Å²) in [6, 6.07) is 8.07. The Morgan fingerprint density at radius 2 is 2.06 bits per heavy atom. The van der Waals surface area contributed by atoms with E-state index in [2.05, 4.69) is 12.2 Å². The topological polar surface area (TPSA) is 46.2 Å². The van der Waals surface area contributed by atoms with Gasteiger partial charge in [0.15, 0.2) is 9.84 Å². The first-order valence-corrected chi connectivity index (χ1v) is 8.18. The Bertz CT molecular complexity index is 468. The van der Waals surface area contributed by atoms with E-state index in [4.69, 9.17) is 0 Å². The summed E-state index contributed by atoms with van der Waals surface area (Å²) in [7, 11) is -1.09. The molecule has 0 aliphatic carbocycles. The van der Waals surface area contributed by atoms with E-state index < -0.39 is 9.84 Å². The van der Waals surface area contributed by atoms with Crippen LogP contribution in [-0.4, -0.2) is 27.3 Å². The highest BCUT2D eigenvalue weighted by Gasteiger charge is 2.12. The quantitative estimate of drug-likeness (QED) is 0.826. The lowest BCUT2D eigenvalue weighted by atomic mass is 10.2. The predicted molar refractivity (Wildman–Crippen MR) is 76.4 cm³/mol. The third kappa shape index (κ3) is 5.65. The number of hydrogen-bond acceptors (Lipinski definition) is 3. The summed E-state index contributed by atoms with van der Waals surface area (Å²) in [6.07, 6.45) is 1.61. The van der Waals surface area contributed by atoms with Crippen LogP contribution in [-0.2, 0) is 15.6 Å². The van der Waals surface area contributed by atoms with E-state index in [1.807, 2.05) is 38.2 Å². The van der Waals surface area contributed by atoms with Crippen molar-refractivity contribution in [3.05, 3.63) is 35.4 Å². The second-order valence-electron chi connectivity index (χ2n) is 4.91. The van der Waals surface area contributed by atoms with E-state index in [0.29, 0.717) is 6.04 Å². The van der Waals surface area contributed by atoms with Crippen LogP contribution in [0.25, 0.3) is 0 Å². The molecule has 0 fully saturated rings. The van der Waals surface area contributed by atoms with Gasteiger partial charge in [0.2, 0.25) is 0 Å². The molecule has 0 saturated carbocycles. The first kappa shape index (κ1) is 15.2. The van der Waals surface area contributed by atoms with E-state index in [1.165, 1.54) is 0 Å². The van der Waals surface area contributed by atoms with Crippen molar-refractivity contribution in [2.45, 2.75) is 38.5 Å². The zero-order chi connectivity index (χ0) is 13.6. The van der Waals surface area contributed by atoms with Gasteiger partial charge in [-0.05, 0) is 39.3 Å². The minimum absolute atomic E-state index is 0.155. The van der Waals surface area contributed by atoms with Crippen molar-refractivity contribution in [1.29, 1.82) is 0 Å². The summed E-state index contributed by atoms with van der Waals surface area (Å²) in [5, 5.41) is 3.11. The summed E-state index contributed by atoms with van der Waals surface area (Å²) < 4.78 is 23.9. The van der Waals surface area contributed by atoms with Gasteiger partial charge in [-0.25, -0.2) is 8.42 Å². The Kier molecular flexibility index (Phi) is 5.82. The van der Waals surface area contributed by atoms with Crippen LogP contribution in [0.4, 0.5) is 0 Å². The Morgan fingerprint density at radius 3 is 2.67 bits per heavy atom. The SMILES string of the molecule is CNC(C)CCCS(=O)(=O)Cc1cccc(C)c1. The van der Waals surface area contributed by atoms with Gasteiger partial charge < -0.3 is 5.32 Å². The van der Waals surface area contributed by atoms with Crippen molar-refractivity contribution < 1.29 is 8.42 Å². The maximum Gasteiger partial charge on any atom is 0.154 e. The summed E-state index contributed by atoms with van der Waals surface area (Å²) in [5.74, 6) is 0.426. The standard InChI is InChI=1S/C14H23NO2S/c1-12-6-4-8-14(10-12)11-18(16,17)9-5-7-13(2)15-3/h4,6,8,10,13,15H,5,7,9,11H2,1-3H3. The Labute approximate surface area is 111 Å². The van der Waals surface area contributed by atoms with Crippen molar-refractivity contribution >= 4 is 9.84 Å². The molecule has 0 radical (unpaired) electrons. The van der Waals surface area contributed by atoms with Crippen molar-refractivity contribution in [3.63, 3.8) is 0 Å². The molecule has 1 atom stereocenters. The van der Waals surface area contributed by atoms with E-state index in [-0.39, 0.29) is 11.5 Å². The minimum Gasteiger partial charge on any atom is -0.317 e. The van der Waals surface area contributed by atoms with Gasteiger partial charge in [0.25, 0.3) is 0 Å². The van der Waals surface area contributed by atoms with E-state index in [0.717, 1.165) is 24.0 Å². The van der Waals surface area contributed by atoms with Crippen molar-refractivity contribution in [1.82, 2.24) is 5.32 Å². The molecule has 4 heteroatoms. The second-order valence-corrected chi connectivity index (χ2v) is 7.10. The molecular weight excluding hydrogens is 246 g/mol. The largest absolute Gasteiger partial charge is 0.317 e. The number of aryl methyl sites for hydroxylation is 1. The average Bonchev–Trinajstić information content (AvgIpc) is 2.27. The van der Waals surface area contributed by atoms with Crippen molar-refractivity contribution in [2.75, 3.05) is 12.8 Å². The lowest BCUT2D eigenvalue weighted by Crippen LogP contribution is -2.22. The molecule has 1 unspecified atom stereocenters. The Balaban J connectivity index is 2.50. The maximum atomic E-state index is 12.0. The highest BCUT2D eigenvalue weighted by atomic mass is 32.2. The summed E-state index contributed by atoms with van der Waals surface area (Å²) >= 11 is 0. The number of hydrogen-bond donors (Lipinski definition) is 1. The number of benzene rings is 1. The van der Waals surface area contributed by atoms with Gasteiger partial charge in [0.1, 0.15) is 0 Å². The van der Waals surface area contributed by atoms with Gasteiger partial charge in [-0.1, -0.05) is 29.8 Å². The zero-order valence-electron chi connectivity index (χ0n) is 11.4. The first-order chi connectivity index (χ1) is 8.43. The highest BCUT2D eigenvalue weighted by molar-refractivity contribution is 7.90. The van der Waals surface area contributed by atoms with Crippen LogP contribution in [0.5, 0.6) is 0 Å². The number of sulfone groups is 1. The third-order valence-corrected chi connectivity index (χ3v) is 4.74. The van der Waals surface area contributed by atoms with E-state index in [9.17, 15) is 8.42 Å². The van der Waals surface area contributed by atoms with Crippen LogP contribution in [0.1, 0.15) is 30.9 Å². The Hall–Kier alpha value is -0.870. The third-order valence-electron chi connectivity index (χ3n) is 3.05. The number of rotatable bonds is 7. The van der Waals surface area contributed by atoms with Crippen LogP contribution in [0.2, 0.25) is 0 Å². The second kappa shape index (κ2) is 6.90. The molecule has 102 valence electrons. The maximum absolute atomic E-state index is 12.0. The summed E-state index contributed by atoms with van der Waals surface area (Å²) in [5.41, 5.74) is 1.99. The molecular formula is C14H23NO2S. The molecule has 0 aromatic heterocycles. The van der Waals surface area contributed by atoms with Crippen LogP contribution in [0.15, 0.2) is 24.3 Å². The Morgan fingerprint density at radius 1 is 1.33 bits per heavy atom. The molecule has 0 bridgehead atoms. The molecule has 18 heavy (non-hydrogen) atoms. The molecule has 3 nitrogen and oxygen atoms in total. The lowest BCUT2D eigenvalue weighted by Gasteiger charge is -2.10. The fourth-order valence-corrected chi connectivity index (χ4v) is 3.32. The van der Waals surface area contributed by atoms with Gasteiger partial charge in [-0.3, -0.25) is 0 Å². The normalized spacial score (nSPS) is 13.5. The van der Waals surface area contributed by atoms with Crippen LogP contribution in [0, 0.1) is 6.92 Å². The predicted octanol–water partition coefficient (Wildman–Crippen LogP) is 2.30. The van der Waals surface area contributed by atoms with Gasteiger partial charge in [-0.2, -0.15) is 0 Å². The van der Waals surface area contributed by atoms with Crippen molar-refractivity contribution in [3.8, 4) is 0 Å². The smallest absolute Gasteiger partial charge is 0.154 e. The monoisotopic (exact) mass is 269 g/mol. The van der Waals surface area contributed by atoms with Crippen LogP contribution in [0.3, 0.4) is 0 Å². The molecule has 1 N–H and O–H groups in total. The average molecular weight is 269 g/mol. The van der Waals surface area contributed by atoms with Gasteiger partial charge in [0.05, 0.1) is 11.5 Å². The lowest BCUT2D eigenvalue weighted by molar-refractivity contribution is 0.548. The van der Waals surface area contributed by atoms with Crippen LogP contribution >= 0.6 is 0 Å². The van der Waals surface area contributed by atoms with E-state index >= 15 is 0 Å². The molecule has 0 aliphatic heterocycles. The van der Waals surface area contributed by atoms with Crippen molar-refractivity contribution in [2.24, 2.45) is 0 Å². The van der Waals surface area contributed by atoms with Gasteiger partial charge in [-0.15, -0.1) is 0 Å². The fraction of sp³-hybridized carbons (Fsp3) is 0.571. The molecule has 1 rings (SSSR count). The fourth-order valence-electron chi connectivity index (χ4n) is 1.88. The first-order valence-electron chi connectivity index (χ1n) is 6.36. The zero-order valence-corrected chi connectivity index (χ0v) is 12.3. The molecule has 0 aliphatic rings. The molecule has 1 aromatic rings. The highest BCUT2D eigenvalue weighted by Crippen LogP contribution is 2.11. The molecule has 1 aromatic carbocycles. The minimum atomic E-state index is -2.98. The molecule has 0 saturated heterocycles. The van der Waals surface area contributed by atoms with Gasteiger partial charge >= 0.3 is 0 Å². The molecule has 0 amide bonds. The van der Waals surface area contributed by atoms with E-state index in [1.54, 1.807) is 0 Å². The molecule has 0 heterocycles. The summed E-state index contributed by atoms with van der Waals surface area (Å²) in [6.45, 7) is 4.04.